The fourth-order valence-corrected chi connectivity index (χ4v) is 4.03. The number of carbonyl (C=O) groups excluding carboxylic acids is 2. The fraction of sp³-hybridized carbons (Fsp3) is 0.833. The zero-order chi connectivity index (χ0) is 26.6. The van der Waals surface area contributed by atoms with E-state index in [1.165, 1.54) is 0 Å². The molecular formula is C24H46N6O6. The summed E-state index contributed by atoms with van der Waals surface area (Å²) in [4.78, 5) is 53.3. The molecule has 0 aliphatic carbocycles. The number of carbonyl (C=O) groups is 4. The molecule has 1 amide bonds. The third-order valence-electron chi connectivity index (χ3n) is 6.15. The zero-order valence-corrected chi connectivity index (χ0v) is 21.8. The Balaban J connectivity index is 2.57. The number of aldehydes is 1. The first-order chi connectivity index (χ1) is 17.3. The Morgan fingerprint density at radius 1 is 0.750 bits per heavy atom. The molecule has 4 N–H and O–H groups in total. The van der Waals surface area contributed by atoms with Crippen molar-refractivity contribution < 1.29 is 29.4 Å². The molecular weight excluding hydrogens is 468 g/mol. The molecule has 1 saturated heterocycles. The lowest BCUT2D eigenvalue weighted by Crippen LogP contribution is -2.49. The molecule has 1 heterocycles. The quantitative estimate of drug-likeness (QED) is 0.152. The van der Waals surface area contributed by atoms with E-state index in [9.17, 15) is 29.4 Å². The highest BCUT2D eigenvalue weighted by molar-refractivity contribution is 5.75. The van der Waals surface area contributed by atoms with Gasteiger partial charge in [-0.05, 0) is 25.8 Å². The van der Waals surface area contributed by atoms with E-state index in [0.29, 0.717) is 72.0 Å². The largest absolute Gasteiger partial charge is 0.480 e. The molecule has 0 aromatic heterocycles. The van der Waals surface area contributed by atoms with Gasteiger partial charge in [0.05, 0.1) is 19.6 Å². The molecule has 1 rings (SSSR count). The lowest BCUT2D eigenvalue weighted by atomic mass is 10.2. The Bertz CT molecular complexity index is 653. The van der Waals surface area contributed by atoms with Gasteiger partial charge in [-0.25, -0.2) is 0 Å². The summed E-state index contributed by atoms with van der Waals surface area (Å²) in [6, 6.07) is 0. The van der Waals surface area contributed by atoms with Gasteiger partial charge in [-0.15, -0.1) is 0 Å². The summed E-state index contributed by atoms with van der Waals surface area (Å²) in [5.41, 5.74) is 0. The topological polar surface area (TPSA) is 146 Å². The number of carboxylic acid groups (broad SMARTS) is 2. The number of unbranched alkanes of at least 4 members (excludes halogenated alkanes) is 2. The summed E-state index contributed by atoms with van der Waals surface area (Å²) >= 11 is 0. The minimum absolute atomic E-state index is 0.0920. The van der Waals surface area contributed by atoms with E-state index >= 15 is 0 Å². The first kappa shape index (κ1) is 31.9. The monoisotopic (exact) mass is 514 g/mol. The molecule has 208 valence electrons. The van der Waals surface area contributed by atoms with E-state index in [2.05, 4.69) is 15.5 Å². The van der Waals surface area contributed by atoms with Crippen LogP contribution in [-0.4, -0.2) is 146 Å². The van der Waals surface area contributed by atoms with E-state index in [1.54, 1.807) is 4.90 Å². The van der Waals surface area contributed by atoms with Crippen molar-refractivity contribution in [1.29, 1.82) is 0 Å². The number of amides is 1. The van der Waals surface area contributed by atoms with Crippen molar-refractivity contribution in [2.24, 2.45) is 0 Å². The Hall–Kier alpha value is -2.12. The highest BCUT2D eigenvalue weighted by Crippen LogP contribution is 2.02. The van der Waals surface area contributed by atoms with Gasteiger partial charge in [-0.1, -0.05) is 13.3 Å². The maximum absolute atomic E-state index is 11.7. The molecule has 0 radical (unpaired) electrons. The van der Waals surface area contributed by atoms with Crippen LogP contribution in [0.25, 0.3) is 0 Å². The predicted octanol–water partition coefficient (Wildman–Crippen LogP) is -0.790. The van der Waals surface area contributed by atoms with Gasteiger partial charge < -0.3 is 25.6 Å². The highest BCUT2D eigenvalue weighted by Gasteiger charge is 2.18. The molecule has 0 atom stereocenters. The maximum Gasteiger partial charge on any atom is 0.317 e. The SMILES string of the molecule is CCCNC(=O)CCCCCNCN1CCN(CC=O)CCN(CC(=O)O)CCN(CC(=O)O)CC1. The van der Waals surface area contributed by atoms with Crippen molar-refractivity contribution in [3.05, 3.63) is 0 Å². The lowest BCUT2D eigenvalue weighted by molar-refractivity contribution is -0.140. The summed E-state index contributed by atoms with van der Waals surface area (Å²) in [6.07, 6.45) is 5.17. The van der Waals surface area contributed by atoms with Crippen LogP contribution in [0.4, 0.5) is 0 Å². The van der Waals surface area contributed by atoms with Gasteiger partial charge in [0.15, 0.2) is 0 Å². The Kier molecular flexibility index (Phi) is 17.7. The van der Waals surface area contributed by atoms with Crippen molar-refractivity contribution in [1.82, 2.24) is 30.2 Å². The third kappa shape index (κ3) is 16.5. The van der Waals surface area contributed by atoms with Gasteiger partial charge in [0.1, 0.15) is 6.29 Å². The molecule has 0 spiro atoms. The molecule has 1 aliphatic rings. The van der Waals surface area contributed by atoms with Crippen LogP contribution in [0.5, 0.6) is 0 Å². The lowest BCUT2D eigenvalue weighted by Gasteiger charge is -2.33. The number of carboxylic acids is 2. The fourth-order valence-electron chi connectivity index (χ4n) is 4.03. The first-order valence-corrected chi connectivity index (χ1v) is 13.1. The molecule has 1 aliphatic heterocycles. The van der Waals surface area contributed by atoms with E-state index in [4.69, 9.17) is 0 Å². The summed E-state index contributed by atoms with van der Waals surface area (Å²) in [6.45, 7) is 8.87. The van der Waals surface area contributed by atoms with Gasteiger partial charge in [0.2, 0.25) is 5.91 Å². The van der Waals surface area contributed by atoms with Crippen molar-refractivity contribution in [2.75, 3.05) is 91.8 Å². The number of rotatable bonds is 16. The van der Waals surface area contributed by atoms with E-state index < -0.39 is 11.9 Å². The molecule has 36 heavy (non-hydrogen) atoms. The summed E-state index contributed by atoms with van der Waals surface area (Å²) in [5, 5.41) is 24.9. The second-order valence-electron chi connectivity index (χ2n) is 9.24. The van der Waals surface area contributed by atoms with Crippen molar-refractivity contribution in [3.8, 4) is 0 Å². The van der Waals surface area contributed by atoms with Crippen LogP contribution in [0.2, 0.25) is 0 Å². The molecule has 12 nitrogen and oxygen atoms in total. The van der Waals surface area contributed by atoms with E-state index in [1.807, 2.05) is 16.7 Å². The van der Waals surface area contributed by atoms with Gasteiger partial charge in [0, 0.05) is 72.0 Å². The van der Waals surface area contributed by atoms with Crippen LogP contribution < -0.4 is 10.6 Å². The number of hydrogen-bond donors (Lipinski definition) is 4. The number of aliphatic carboxylic acids is 2. The summed E-state index contributed by atoms with van der Waals surface area (Å²) in [7, 11) is 0. The molecule has 0 saturated carbocycles. The minimum Gasteiger partial charge on any atom is -0.480 e. The molecule has 12 heteroatoms. The smallest absolute Gasteiger partial charge is 0.317 e. The molecule has 0 unspecified atom stereocenters. The van der Waals surface area contributed by atoms with Crippen LogP contribution in [0, 0.1) is 0 Å². The average Bonchev–Trinajstić information content (AvgIpc) is 2.82. The van der Waals surface area contributed by atoms with Crippen molar-refractivity contribution >= 4 is 24.1 Å². The standard InChI is InChI=1S/C24H46N6O6/c1-2-7-26-22(32)6-4-3-5-8-25-21-30-15-10-27(17-18-31)9-11-28(19-23(33)34)12-13-29(14-16-30)20-24(35)36/h18,25H,2-17,19-21H2,1H3,(H,26,32)(H,33,34)(H,35,36). The normalized spacial score (nSPS) is 17.7. The number of nitrogens with zero attached hydrogens (tertiary/aromatic N) is 4. The minimum atomic E-state index is -0.925. The number of hydrogen-bond acceptors (Lipinski definition) is 9. The summed E-state index contributed by atoms with van der Waals surface area (Å²) in [5.74, 6) is -1.72. The highest BCUT2D eigenvalue weighted by atomic mass is 16.4. The first-order valence-electron chi connectivity index (χ1n) is 13.1. The molecule has 1 fully saturated rings. The third-order valence-corrected chi connectivity index (χ3v) is 6.15. The van der Waals surface area contributed by atoms with Gasteiger partial charge in [-0.3, -0.25) is 34.0 Å². The summed E-state index contributed by atoms with van der Waals surface area (Å²) < 4.78 is 0. The van der Waals surface area contributed by atoms with Crippen molar-refractivity contribution in [2.45, 2.75) is 39.0 Å². The molecule has 0 aromatic carbocycles. The van der Waals surface area contributed by atoms with Gasteiger partial charge >= 0.3 is 11.9 Å². The van der Waals surface area contributed by atoms with Gasteiger partial charge in [-0.2, -0.15) is 0 Å². The molecule has 0 bridgehead atoms. The predicted molar refractivity (Wildman–Crippen MR) is 137 cm³/mol. The average molecular weight is 515 g/mol. The van der Waals surface area contributed by atoms with Crippen molar-refractivity contribution in [3.63, 3.8) is 0 Å². The Labute approximate surface area is 215 Å². The van der Waals surface area contributed by atoms with E-state index in [0.717, 1.165) is 45.1 Å². The van der Waals surface area contributed by atoms with Crippen LogP contribution in [-0.2, 0) is 19.2 Å². The Morgan fingerprint density at radius 2 is 1.28 bits per heavy atom. The molecule has 0 aromatic rings. The Morgan fingerprint density at radius 3 is 1.78 bits per heavy atom. The van der Waals surface area contributed by atoms with Gasteiger partial charge in [0.25, 0.3) is 0 Å². The number of nitrogens with one attached hydrogen (secondary N) is 2. The van der Waals surface area contributed by atoms with E-state index in [-0.39, 0.29) is 19.0 Å². The second kappa shape index (κ2) is 20.0. The zero-order valence-electron chi connectivity index (χ0n) is 21.8. The second-order valence-corrected chi connectivity index (χ2v) is 9.24. The van der Waals surface area contributed by atoms with Crippen LogP contribution in [0.1, 0.15) is 39.0 Å². The van der Waals surface area contributed by atoms with Crippen LogP contribution >= 0.6 is 0 Å². The maximum atomic E-state index is 11.7. The van der Waals surface area contributed by atoms with Crippen LogP contribution in [0.3, 0.4) is 0 Å². The van der Waals surface area contributed by atoms with Crippen LogP contribution in [0.15, 0.2) is 0 Å².